The van der Waals surface area contributed by atoms with Gasteiger partial charge < -0.3 is 10.1 Å². The van der Waals surface area contributed by atoms with E-state index in [1.54, 1.807) is 13.0 Å². The number of fused-ring (bicyclic) bond motifs is 1. The third-order valence-corrected chi connectivity index (χ3v) is 5.52. The first kappa shape index (κ1) is 22.5. The van der Waals surface area contributed by atoms with Crippen molar-refractivity contribution in [3.8, 4) is 0 Å². The second-order valence-corrected chi connectivity index (χ2v) is 7.65. The maximum atomic E-state index is 12.8. The molecule has 0 atom stereocenters. The summed E-state index contributed by atoms with van der Waals surface area (Å²) in [7, 11) is 0. The molecule has 164 valence electrons. The molecule has 6 nitrogen and oxygen atoms in total. The van der Waals surface area contributed by atoms with E-state index in [0.717, 1.165) is 48.4 Å². The van der Waals surface area contributed by atoms with Gasteiger partial charge in [0.15, 0.2) is 17.6 Å². The van der Waals surface area contributed by atoms with E-state index in [1.165, 1.54) is 5.56 Å². The first-order valence-electron chi connectivity index (χ1n) is 11.1. The predicted molar refractivity (Wildman–Crippen MR) is 122 cm³/mol. The van der Waals surface area contributed by atoms with Crippen LogP contribution in [0, 0.1) is 6.92 Å². The smallest absolute Gasteiger partial charge is 0.338 e. The number of nitrogens with one attached hydrogen (secondary N) is 1. The van der Waals surface area contributed by atoms with Crippen molar-refractivity contribution in [3.05, 3.63) is 59.4 Å². The molecule has 0 saturated heterocycles. The third kappa shape index (κ3) is 5.13. The zero-order valence-corrected chi connectivity index (χ0v) is 18.9. The van der Waals surface area contributed by atoms with Crippen LogP contribution in [0.4, 0.5) is 5.69 Å². The number of aryl methyl sites for hydroxylation is 2. The Morgan fingerprint density at radius 3 is 2.45 bits per heavy atom. The van der Waals surface area contributed by atoms with Crippen LogP contribution in [0.5, 0.6) is 0 Å². The number of carbonyl (C=O) groups excluding carboxylic acids is 2. The number of ether oxygens (including phenoxy) is 1. The molecule has 2 aromatic carbocycles. The summed E-state index contributed by atoms with van der Waals surface area (Å²) in [4.78, 5) is 25.0. The van der Waals surface area contributed by atoms with E-state index < -0.39 is 0 Å². The first-order valence-corrected chi connectivity index (χ1v) is 11.1. The molecule has 0 spiro atoms. The van der Waals surface area contributed by atoms with Gasteiger partial charge in [-0.1, -0.05) is 25.5 Å². The highest BCUT2D eigenvalue weighted by Crippen LogP contribution is 2.18. The summed E-state index contributed by atoms with van der Waals surface area (Å²) < 4.78 is 9.23. The fourth-order valence-electron chi connectivity index (χ4n) is 3.88. The summed E-state index contributed by atoms with van der Waals surface area (Å²) in [5.74, 6) is 0.500. The molecule has 1 heterocycles. The number of unbranched alkanes of at least 4 members (excludes halogenated alkanes) is 1. The van der Waals surface area contributed by atoms with Crippen LogP contribution in [-0.4, -0.2) is 23.1 Å². The molecule has 0 fully saturated rings. The summed E-state index contributed by atoms with van der Waals surface area (Å²) in [5, 5.41) is 2.99. The lowest BCUT2D eigenvalue weighted by molar-refractivity contribution is -0.674. The normalized spacial score (nSPS) is 11.0. The van der Waals surface area contributed by atoms with Crippen molar-refractivity contribution in [2.45, 2.75) is 60.0 Å². The van der Waals surface area contributed by atoms with E-state index in [4.69, 9.17) is 4.74 Å². The number of rotatable bonds is 9. The second-order valence-electron chi connectivity index (χ2n) is 7.65. The number of carbonyl (C=O) groups is 2. The van der Waals surface area contributed by atoms with Gasteiger partial charge >= 0.3 is 5.97 Å². The van der Waals surface area contributed by atoms with Crippen LogP contribution in [0.2, 0.25) is 0 Å². The van der Waals surface area contributed by atoms with Crippen molar-refractivity contribution in [1.29, 1.82) is 0 Å². The summed E-state index contributed by atoms with van der Waals surface area (Å²) in [6.07, 6.45) is 3.38. The molecule has 3 aromatic rings. The zero-order chi connectivity index (χ0) is 22.4. The maximum absolute atomic E-state index is 12.8. The van der Waals surface area contributed by atoms with Gasteiger partial charge in [0.05, 0.1) is 18.7 Å². The van der Waals surface area contributed by atoms with Crippen molar-refractivity contribution in [2.24, 2.45) is 0 Å². The van der Waals surface area contributed by atoms with Gasteiger partial charge in [-0.25, -0.2) is 13.9 Å². The number of hydrogen-bond donors (Lipinski definition) is 1. The van der Waals surface area contributed by atoms with Crippen LogP contribution in [-0.2, 0) is 29.0 Å². The molecule has 0 aliphatic heterocycles. The van der Waals surface area contributed by atoms with Crippen molar-refractivity contribution in [2.75, 3.05) is 11.9 Å². The molecule has 6 heteroatoms. The zero-order valence-electron chi connectivity index (χ0n) is 18.9. The lowest BCUT2D eigenvalue weighted by Crippen LogP contribution is -2.35. The lowest BCUT2D eigenvalue weighted by Gasteiger charge is -2.07. The van der Waals surface area contributed by atoms with Gasteiger partial charge in [-0.2, -0.15) is 0 Å². The van der Waals surface area contributed by atoms with Crippen molar-refractivity contribution in [3.63, 3.8) is 0 Å². The molecule has 31 heavy (non-hydrogen) atoms. The van der Waals surface area contributed by atoms with Gasteiger partial charge in [0.1, 0.15) is 0 Å². The van der Waals surface area contributed by atoms with Gasteiger partial charge in [0.2, 0.25) is 0 Å². The monoisotopic (exact) mass is 422 g/mol. The minimum absolute atomic E-state index is 0.105. The third-order valence-electron chi connectivity index (χ3n) is 5.52. The van der Waals surface area contributed by atoms with Gasteiger partial charge in [0.25, 0.3) is 11.7 Å². The fourth-order valence-corrected chi connectivity index (χ4v) is 3.88. The average Bonchev–Trinajstić information content (AvgIpc) is 3.03. The van der Waals surface area contributed by atoms with Crippen LogP contribution in [0.1, 0.15) is 55.4 Å². The van der Waals surface area contributed by atoms with E-state index in [2.05, 4.69) is 35.9 Å². The number of aromatic nitrogens is 2. The second kappa shape index (κ2) is 10.2. The molecule has 0 bridgehead atoms. The minimum Gasteiger partial charge on any atom is -0.462 e. The molecular formula is C25H32N3O3+. The Balaban J connectivity index is 1.83. The lowest BCUT2D eigenvalue weighted by atomic mass is 10.1. The molecule has 0 radical (unpaired) electrons. The summed E-state index contributed by atoms with van der Waals surface area (Å²) in [5.41, 5.74) is 4.38. The van der Waals surface area contributed by atoms with Gasteiger partial charge in [0, 0.05) is 18.7 Å². The first-order chi connectivity index (χ1) is 15.0. The molecule has 1 N–H and O–H groups in total. The molecule has 1 aromatic heterocycles. The van der Waals surface area contributed by atoms with Crippen LogP contribution >= 0.6 is 0 Å². The molecule has 0 aliphatic carbocycles. The highest BCUT2D eigenvalue weighted by atomic mass is 16.5. The number of esters is 1. The van der Waals surface area contributed by atoms with Crippen LogP contribution < -0.4 is 9.88 Å². The topological polar surface area (TPSA) is 64.2 Å². The minimum atomic E-state index is -0.356. The Bertz CT molecular complexity index is 1070. The van der Waals surface area contributed by atoms with E-state index in [1.807, 2.05) is 35.8 Å². The standard InChI is InChI=1S/C25H31N3O3/c1-5-8-9-19-10-13-21(14-11-19)26-24(29)17-28-18(4)27(6-2)22-15-12-20(16-23(22)28)25(30)31-7-3/h10-16H,5-9,17H2,1-4H3/p+1. The summed E-state index contributed by atoms with van der Waals surface area (Å²) in [6.45, 7) is 9.29. The Morgan fingerprint density at radius 1 is 1.06 bits per heavy atom. The van der Waals surface area contributed by atoms with E-state index in [-0.39, 0.29) is 18.4 Å². The predicted octanol–water partition coefficient (Wildman–Crippen LogP) is 4.42. The van der Waals surface area contributed by atoms with Crippen LogP contribution in [0.25, 0.3) is 11.0 Å². The number of benzene rings is 2. The quantitative estimate of drug-likeness (QED) is 0.410. The average molecular weight is 423 g/mol. The molecule has 3 rings (SSSR count). The number of nitrogens with zero attached hydrogens (tertiary/aromatic N) is 2. The summed E-state index contributed by atoms with van der Waals surface area (Å²) in [6, 6.07) is 13.5. The molecule has 0 unspecified atom stereocenters. The van der Waals surface area contributed by atoms with E-state index >= 15 is 0 Å². The highest BCUT2D eigenvalue weighted by Gasteiger charge is 2.24. The van der Waals surface area contributed by atoms with Crippen LogP contribution in [0.15, 0.2) is 42.5 Å². The Labute approximate surface area is 183 Å². The fraction of sp³-hybridized carbons (Fsp3) is 0.400. The molecular weight excluding hydrogens is 390 g/mol. The molecule has 1 amide bonds. The maximum Gasteiger partial charge on any atom is 0.338 e. The van der Waals surface area contributed by atoms with Crippen molar-refractivity contribution < 1.29 is 18.9 Å². The summed E-state index contributed by atoms with van der Waals surface area (Å²) >= 11 is 0. The van der Waals surface area contributed by atoms with E-state index in [0.29, 0.717) is 12.2 Å². The van der Waals surface area contributed by atoms with Gasteiger partial charge in [-0.05, 0) is 56.5 Å². The number of imidazole rings is 1. The Kier molecular flexibility index (Phi) is 7.45. The largest absolute Gasteiger partial charge is 0.462 e. The van der Waals surface area contributed by atoms with E-state index in [9.17, 15) is 9.59 Å². The van der Waals surface area contributed by atoms with Gasteiger partial charge in [-0.15, -0.1) is 0 Å². The van der Waals surface area contributed by atoms with Gasteiger partial charge in [-0.3, -0.25) is 4.79 Å². The Morgan fingerprint density at radius 2 is 1.81 bits per heavy atom. The molecule has 0 aliphatic rings. The number of anilines is 1. The number of amides is 1. The SMILES string of the molecule is CCCCc1ccc(NC(=O)Cn2c(C)[n+](CC)c3ccc(C(=O)OCC)cc32)cc1. The molecule has 0 saturated carbocycles. The van der Waals surface area contributed by atoms with Crippen molar-refractivity contribution in [1.82, 2.24) is 4.57 Å². The Hall–Kier alpha value is -3.15. The van der Waals surface area contributed by atoms with Crippen LogP contribution in [0.3, 0.4) is 0 Å². The highest BCUT2D eigenvalue weighted by molar-refractivity contribution is 5.94. The van der Waals surface area contributed by atoms with Crippen molar-refractivity contribution >= 4 is 28.6 Å². The number of hydrogen-bond acceptors (Lipinski definition) is 3.